The smallest absolute Gasteiger partial charge is 0.338 e. The Kier molecular flexibility index (Phi) is 5.91. The van der Waals surface area contributed by atoms with Crippen LogP contribution in [0.5, 0.6) is 5.75 Å². The van der Waals surface area contributed by atoms with Crippen LogP contribution < -0.4 is 4.74 Å². The van der Waals surface area contributed by atoms with Gasteiger partial charge in [-0.25, -0.2) is 4.79 Å². The Balaban J connectivity index is 0.00000144. The first kappa shape index (κ1) is 15.0. The number of aliphatic hydroxyl groups is 1. The number of benzene rings is 1. The fourth-order valence-corrected chi connectivity index (χ4v) is 1.84. The molecule has 1 aliphatic rings. The average molecular weight is 449 g/mol. The van der Waals surface area contributed by atoms with Crippen LogP contribution in [0.2, 0.25) is 0 Å². The predicted octanol–water partition coefficient (Wildman–Crippen LogP) is 1.16. The van der Waals surface area contributed by atoms with E-state index >= 15 is 0 Å². The van der Waals surface area contributed by atoms with Crippen molar-refractivity contribution in [3.05, 3.63) is 29.3 Å². The van der Waals surface area contributed by atoms with E-state index < -0.39 is 0 Å². The van der Waals surface area contributed by atoms with Gasteiger partial charge in [0, 0.05) is 56.0 Å². The van der Waals surface area contributed by atoms with Crippen LogP contribution in [0.3, 0.4) is 0 Å². The number of aliphatic hydroxyl groups excluding tert-OH is 1. The molecule has 1 radical (unpaired) electrons. The quantitative estimate of drug-likeness (QED) is 0.705. The van der Waals surface area contributed by atoms with Crippen LogP contribution in [0.25, 0.3) is 0 Å². The first-order chi connectivity index (χ1) is 7.76. The topological polar surface area (TPSA) is 55.8 Å². The second-order valence-electron chi connectivity index (χ2n) is 3.63. The number of hydrogen-bond donors (Lipinski definition) is 1. The molecule has 0 saturated carbocycles. The van der Waals surface area contributed by atoms with E-state index in [0.717, 1.165) is 5.56 Å². The third-order valence-electron chi connectivity index (χ3n) is 2.56. The number of rotatable bonds is 3. The van der Waals surface area contributed by atoms with E-state index in [0.29, 0.717) is 24.3 Å². The molecular weight excluding hydrogens is 435 g/mol. The zero-order valence-electron chi connectivity index (χ0n) is 9.68. The van der Waals surface area contributed by atoms with Crippen LogP contribution in [0.15, 0.2) is 18.2 Å². The van der Waals surface area contributed by atoms with Gasteiger partial charge in [0.1, 0.15) is 11.9 Å². The summed E-state index contributed by atoms with van der Waals surface area (Å²) >= 11 is 0. The number of hydrogen-bond acceptors (Lipinski definition) is 4. The molecule has 89 valence electrons. The number of carbonyl (C=O) groups is 1. The van der Waals surface area contributed by atoms with Gasteiger partial charge in [0.05, 0.1) is 18.8 Å². The number of carbonyl (C=O) groups excluding carboxylic acids is 1. The van der Waals surface area contributed by atoms with E-state index in [2.05, 4.69) is 0 Å². The Morgan fingerprint density at radius 3 is 3.00 bits per heavy atom. The van der Waals surface area contributed by atoms with Gasteiger partial charge in [-0.05, 0) is 19.1 Å². The maximum atomic E-state index is 11.7. The van der Waals surface area contributed by atoms with E-state index in [1.54, 1.807) is 25.1 Å². The Bertz CT molecular complexity index is 405. The first-order valence-corrected chi connectivity index (χ1v) is 5.32. The van der Waals surface area contributed by atoms with Gasteiger partial charge >= 0.3 is 5.97 Å². The summed E-state index contributed by atoms with van der Waals surface area (Å²) in [5, 5.41) is 9.03. The van der Waals surface area contributed by atoms with Crippen molar-refractivity contribution in [3.63, 3.8) is 0 Å². The third-order valence-corrected chi connectivity index (χ3v) is 2.56. The van der Waals surface area contributed by atoms with Gasteiger partial charge < -0.3 is 14.6 Å². The van der Waals surface area contributed by atoms with Crippen molar-refractivity contribution in [2.75, 3.05) is 13.2 Å². The molecule has 2 rings (SSSR count). The molecular formula is C12H14AcO4. The van der Waals surface area contributed by atoms with E-state index in [1.807, 2.05) is 0 Å². The van der Waals surface area contributed by atoms with Gasteiger partial charge in [0.25, 0.3) is 0 Å². The van der Waals surface area contributed by atoms with Gasteiger partial charge in [-0.1, -0.05) is 6.07 Å². The molecule has 1 aromatic carbocycles. The van der Waals surface area contributed by atoms with Gasteiger partial charge in [-0.15, -0.1) is 0 Å². The summed E-state index contributed by atoms with van der Waals surface area (Å²) in [7, 11) is 0. The molecule has 1 aromatic rings. The van der Waals surface area contributed by atoms with Crippen molar-refractivity contribution in [2.24, 2.45) is 0 Å². The zero-order chi connectivity index (χ0) is 11.5. The Morgan fingerprint density at radius 1 is 1.59 bits per heavy atom. The molecule has 5 heteroatoms. The molecule has 1 aliphatic heterocycles. The summed E-state index contributed by atoms with van der Waals surface area (Å²) in [5.74, 6) is 0.339. The summed E-state index contributed by atoms with van der Waals surface area (Å²) in [6.45, 7) is 2.08. The molecule has 0 aliphatic carbocycles. The Labute approximate surface area is 136 Å². The minimum absolute atomic E-state index is 0. The fourth-order valence-electron chi connectivity index (χ4n) is 1.84. The van der Waals surface area contributed by atoms with E-state index in [9.17, 15) is 4.79 Å². The molecule has 17 heavy (non-hydrogen) atoms. The SMILES string of the molecule is CCOC(=O)c1cccc2c1CC(CO)O2.[Ac]. The Morgan fingerprint density at radius 2 is 2.35 bits per heavy atom. The number of ether oxygens (including phenoxy) is 2. The van der Waals surface area contributed by atoms with Crippen LogP contribution >= 0.6 is 0 Å². The van der Waals surface area contributed by atoms with Crippen LogP contribution in [0, 0.1) is 44.1 Å². The molecule has 1 heterocycles. The average Bonchev–Trinajstić information content (AvgIpc) is 2.71. The van der Waals surface area contributed by atoms with Crippen molar-refractivity contribution in [3.8, 4) is 5.75 Å². The summed E-state index contributed by atoms with van der Waals surface area (Å²) in [6, 6.07) is 5.28. The summed E-state index contributed by atoms with van der Waals surface area (Å²) in [5.41, 5.74) is 1.37. The minimum atomic E-state index is -0.332. The molecule has 0 bridgehead atoms. The third kappa shape index (κ3) is 3.21. The minimum Gasteiger partial charge on any atom is -0.487 e. The van der Waals surface area contributed by atoms with Crippen molar-refractivity contribution in [2.45, 2.75) is 19.4 Å². The number of esters is 1. The number of fused-ring (bicyclic) bond motifs is 1. The van der Waals surface area contributed by atoms with Crippen LogP contribution in [0.1, 0.15) is 22.8 Å². The normalized spacial score (nSPS) is 16.7. The fraction of sp³-hybridized carbons (Fsp3) is 0.417. The van der Waals surface area contributed by atoms with Gasteiger partial charge in [0.15, 0.2) is 0 Å². The van der Waals surface area contributed by atoms with Crippen LogP contribution in [-0.2, 0) is 11.2 Å². The van der Waals surface area contributed by atoms with E-state index in [4.69, 9.17) is 14.6 Å². The molecule has 1 unspecified atom stereocenters. The van der Waals surface area contributed by atoms with Gasteiger partial charge in [-0.2, -0.15) is 0 Å². The molecule has 0 aromatic heterocycles. The van der Waals surface area contributed by atoms with Gasteiger partial charge in [0.2, 0.25) is 0 Å². The van der Waals surface area contributed by atoms with E-state index in [1.165, 1.54) is 0 Å². The van der Waals surface area contributed by atoms with Crippen molar-refractivity contribution >= 4 is 5.97 Å². The van der Waals surface area contributed by atoms with Crippen molar-refractivity contribution in [1.82, 2.24) is 0 Å². The molecule has 0 saturated heterocycles. The molecule has 1 N–H and O–H groups in total. The second-order valence-corrected chi connectivity index (χ2v) is 3.63. The van der Waals surface area contributed by atoms with Crippen LogP contribution in [0.4, 0.5) is 0 Å². The molecule has 1 atom stereocenters. The maximum absolute atomic E-state index is 11.7. The molecule has 0 amide bonds. The molecule has 0 spiro atoms. The zero-order valence-corrected chi connectivity index (χ0v) is 14.4. The first-order valence-electron chi connectivity index (χ1n) is 5.32. The maximum Gasteiger partial charge on any atom is 0.338 e. The predicted molar refractivity (Wildman–Crippen MR) is 57.6 cm³/mol. The summed E-state index contributed by atoms with van der Waals surface area (Å²) in [4.78, 5) is 11.7. The Hall–Kier alpha value is -0.108. The monoisotopic (exact) mass is 449 g/mol. The van der Waals surface area contributed by atoms with Gasteiger partial charge in [-0.3, -0.25) is 0 Å². The largest absolute Gasteiger partial charge is 0.487 e. The standard InChI is InChI=1S/C12H14O4.Ac/c1-2-15-12(14)9-4-3-5-11-10(9)6-8(7-13)16-11;/h3-5,8,13H,2,6-7H2,1H3;. The molecule has 4 nitrogen and oxygen atoms in total. The van der Waals surface area contributed by atoms with Crippen molar-refractivity contribution < 1.29 is 63.4 Å². The molecule has 0 fully saturated rings. The van der Waals surface area contributed by atoms with E-state index in [-0.39, 0.29) is 62.7 Å². The summed E-state index contributed by atoms with van der Waals surface area (Å²) < 4.78 is 10.4. The van der Waals surface area contributed by atoms with Crippen molar-refractivity contribution in [1.29, 1.82) is 0 Å². The van der Waals surface area contributed by atoms with Crippen LogP contribution in [-0.4, -0.2) is 30.4 Å². The second kappa shape index (κ2) is 6.73. The summed E-state index contributed by atoms with van der Waals surface area (Å²) in [6.07, 6.45) is 0.312.